The van der Waals surface area contributed by atoms with Crippen LogP contribution in [0.4, 0.5) is 5.13 Å². The summed E-state index contributed by atoms with van der Waals surface area (Å²) in [6.45, 7) is 0.726. The van der Waals surface area contributed by atoms with Gasteiger partial charge in [-0.15, -0.1) is 20.4 Å². The topological polar surface area (TPSA) is 76.7 Å². The van der Waals surface area contributed by atoms with Crippen LogP contribution in [0.2, 0.25) is 0 Å². The molecule has 0 fully saturated rings. The van der Waals surface area contributed by atoms with Gasteiger partial charge >= 0.3 is 0 Å². The third-order valence-electron chi connectivity index (χ3n) is 3.50. The Bertz CT molecular complexity index is 956. The van der Waals surface area contributed by atoms with E-state index in [0.29, 0.717) is 17.5 Å². The number of hydrogen-bond donors (Lipinski definition) is 1. The first-order chi connectivity index (χ1) is 12.9. The molecular formula is C18H15N5OS2. The Hall–Kier alpha value is -2.71. The van der Waals surface area contributed by atoms with Crippen LogP contribution in [0.25, 0.3) is 11.5 Å². The van der Waals surface area contributed by atoms with E-state index < -0.39 is 0 Å². The van der Waals surface area contributed by atoms with Crippen LogP contribution in [0.5, 0.6) is 0 Å². The zero-order valence-corrected chi connectivity index (χ0v) is 15.3. The SMILES string of the molecule is c1ccc(CNc2nnc(SCc3nnc(-c4ccccc4)o3)s2)cc1. The summed E-state index contributed by atoms with van der Waals surface area (Å²) in [7, 11) is 0. The van der Waals surface area contributed by atoms with Crippen molar-refractivity contribution < 1.29 is 4.42 Å². The summed E-state index contributed by atoms with van der Waals surface area (Å²) in [6, 6.07) is 19.9. The number of benzene rings is 2. The van der Waals surface area contributed by atoms with Gasteiger partial charge in [-0.3, -0.25) is 0 Å². The van der Waals surface area contributed by atoms with Crippen molar-refractivity contribution in [3.05, 3.63) is 72.1 Å². The van der Waals surface area contributed by atoms with E-state index in [1.807, 2.05) is 48.5 Å². The summed E-state index contributed by atoms with van der Waals surface area (Å²) in [5.41, 5.74) is 2.12. The van der Waals surface area contributed by atoms with E-state index in [1.165, 1.54) is 28.7 Å². The van der Waals surface area contributed by atoms with Crippen molar-refractivity contribution in [2.75, 3.05) is 5.32 Å². The molecule has 2 aromatic heterocycles. The van der Waals surface area contributed by atoms with E-state index in [4.69, 9.17) is 4.42 Å². The number of aromatic nitrogens is 4. The maximum atomic E-state index is 5.70. The number of rotatable bonds is 7. The van der Waals surface area contributed by atoms with Crippen LogP contribution in [0.3, 0.4) is 0 Å². The highest BCUT2D eigenvalue weighted by Gasteiger charge is 2.11. The van der Waals surface area contributed by atoms with Crippen LogP contribution in [0.1, 0.15) is 11.5 Å². The van der Waals surface area contributed by atoms with Gasteiger partial charge in [0, 0.05) is 12.1 Å². The van der Waals surface area contributed by atoms with Gasteiger partial charge in [0.1, 0.15) is 0 Å². The number of hydrogen-bond acceptors (Lipinski definition) is 8. The minimum absolute atomic E-state index is 0.531. The van der Waals surface area contributed by atoms with Gasteiger partial charge in [0.2, 0.25) is 16.9 Å². The van der Waals surface area contributed by atoms with Gasteiger partial charge in [-0.05, 0) is 17.7 Å². The van der Waals surface area contributed by atoms with Crippen LogP contribution in [0.15, 0.2) is 69.4 Å². The molecule has 130 valence electrons. The highest BCUT2D eigenvalue weighted by Crippen LogP contribution is 2.29. The molecule has 0 saturated heterocycles. The molecule has 0 spiro atoms. The van der Waals surface area contributed by atoms with E-state index in [0.717, 1.165) is 21.6 Å². The minimum Gasteiger partial charge on any atom is -0.420 e. The van der Waals surface area contributed by atoms with Crippen molar-refractivity contribution in [1.29, 1.82) is 0 Å². The van der Waals surface area contributed by atoms with Crippen molar-refractivity contribution in [2.45, 2.75) is 16.6 Å². The Labute approximate surface area is 158 Å². The third-order valence-corrected chi connectivity index (χ3v) is 5.50. The maximum absolute atomic E-state index is 5.70. The molecule has 2 heterocycles. The lowest BCUT2D eigenvalue weighted by molar-refractivity contribution is 0.528. The maximum Gasteiger partial charge on any atom is 0.247 e. The van der Waals surface area contributed by atoms with Crippen molar-refractivity contribution in [1.82, 2.24) is 20.4 Å². The van der Waals surface area contributed by atoms with Crippen LogP contribution < -0.4 is 5.32 Å². The van der Waals surface area contributed by atoms with Crippen molar-refractivity contribution in [2.24, 2.45) is 0 Å². The molecule has 1 N–H and O–H groups in total. The molecule has 0 radical (unpaired) electrons. The normalized spacial score (nSPS) is 10.8. The number of nitrogens with zero attached hydrogens (tertiary/aromatic N) is 4. The first-order valence-corrected chi connectivity index (χ1v) is 9.79. The molecule has 0 amide bonds. The molecule has 6 nitrogen and oxygen atoms in total. The smallest absolute Gasteiger partial charge is 0.247 e. The second kappa shape index (κ2) is 8.11. The number of anilines is 1. The third kappa shape index (κ3) is 4.27. The zero-order valence-electron chi connectivity index (χ0n) is 13.7. The Kier molecular flexibility index (Phi) is 5.22. The molecule has 26 heavy (non-hydrogen) atoms. The summed E-state index contributed by atoms with van der Waals surface area (Å²) < 4.78 is 6.56. The lowest BCUT2D eigenvalue weighted by Gasteiger charge is -2.00. The van der Waals surface area contributed by atoms with E-state index in [9.17, 15) is 0 Å². The molecule has 0 bridgehead atoms. The Morgan fingerprint density at radius 1 is 0.885 bits per heavy atom. The highest BCUT2D eigenvalue weighted by molar-refractivity contribution is 8.00. The largest absolute Gasteiger partial charge is 0.420 e. The van der Waals surface area contributed by atoms with E-state index >= 15 is 0 Å². The van der Waals surface area contributed by atoms with Gasteiger partial charge in [0.15, 0.2) is 4.34 Å². The lowest BCUT2D eigenvalue weighted by Crippen LogP contribution is -1.98. The first kappa shape index (κ1) is 16.7. The summed E-state index contributed by atoms with van der Waals surface area (Å²) in [6.07, 6.45) is 0. The Balaban J connectivity index is 1.31. The van der Waals surface area contributed by atoms with Gasteiger partial charge < -0.3 is 9.73 Å². The fourth-order valence-corrected chi connectivity index (χ4v) is 3.83. The fraction of sp³-hybridized carbons (Fsp3) is 0.111. The summed E-state index contributed by atoms with van der Waals surface area (Å²) in [4.78, 5) is 0. The molecular weight excluding hydrogens is 366 g/mol. The molecule has 0 saturated carbocycles. The molecule has 0 aliphatic heterocycles. The second-order valence-electron chi connectivity index (χ2n) is 5.37. The van der Waals surface area contributed by atoms with Crippen LogP contribution >= 0.6 is 23.1 Å². The van der Waals surface area contributed by atoms with Crippen LogP contribution in [-0.4, -0.2) is 20.4 Å². The molecule has 0 atom stereocenters. The van der Waals surface area contributed by atoms with Crippen LogP contribution in [0, 0.1) is 0 Å². The molecule has 2 aromatic carbocycles. The summed E-state index contributed by atoms with van der Waals surface area (Å²) in [5.74, 6) is 1.67. The van der Waals surface area contributed by atoms with Gasteiger partial charge in [-0.1, -0.05) is 71.6 Å². The molecule has 0 aliphatic rings. The van der Waals surface area contributed by atoms with E-state index in [-0.39, 0.29) is 0 Å². The van der Waals surface area contributed by atoms with Crippen LogP contribution in [-0.2, 0) is 12.3 Å². The minimum atomic E-state index is 0.531. The van der Waals surface area contributed by atoms with Crippen molar-refractivity contribution in [3.63, 3.8) is 0 Å². The first-order valence-electron chi connectivity index (χ1n) is 7.99. The summed E-state index contributed by atoms with van der Waals surface area (Å²) >= 11 is 3.05. The molecule has 4 rings (SSSR count). The standard InChI is InChI=1S/C18H15N5OS2/c1-3-7-13(8-4-1)11-19-17-22-23-18(26-17)25-12-15-20-21-16(24-15)14-9-5-2-6-10-14/h1-10H,11-12H2,(H,19,22). The average molecular weight is 381 g/mol. The number of nitrogens with one attached hydrogen (secondary N) is 1. The average Bonchev–Trinajstić information content (AvgIpc) is 3.36. The van der Waals surface area contributed by atoms with Gasteiger partial charge in [0.05, 0.1) is 5.75 Å². The van der Waals surface area contributed by atoms with Gasteiger partial charge in [0.25, 0.3) is 0 Å². The lowest BCUT2D eigenvalue weighted by atomic mass is 10.2. The predicted molar refractivity (Wildman–Crippen MR) is 103 cm³/mol. The number of thioether (sulfide) groups is 1. The van der Waals surface area contributed by atoms with Crippen molar-refractivity contribution >= 4 is 28.2 Å². The Morgan fingerprint density at radius 3 is 2.46 bits per heavy atom. The molecule has 4 aromatic rings. The molecule has 0 aliphatic carbocycles. The molecule has 0 unspecified atom stereocenters. The van der Waals surface area contributed by atoms with Gasteiger partial charge in [-0.25, -0.2) is 0 Å². The van der Waals surface area contributed by atoms with Crippen molar-refractivity contribution in [3.8, 4) is 11.5 Å². The quantitative estimate of drug-likeness (QED) is 0.473. The zero-order chi connectivity index (χ0) is 17.6. The highest BCUT2D eigenvalue weighted by atomic mass is 32.2. The second-order valence-corrected chi connectivity index (χ2v) is 7.57. The summed E-state index contributed by atoms with van der Waals surface area (Å²) in [5, 5.41) is 20.6. The predicted octanol–water partition coefficient (Wildman–Crippen LogP) is 4.49. The monoisotopic (exact) mass is 381 g/mol. The van der Waals surface area contributed by atoms with E-state index in [1.54, 1.807) is 0 Å². The molecule has 8 heteroatoms. The fourth-order valence-electron chi connectivity index (χ4n) is 2.25. The van der Waals surface area contributed by atoms with Gasteiger partial charge in [-0.2, -0.15) is 0 Å². The Morgan fingerprint density at radius 2 is 1.65 bits per heavy atom. The van der Waals surface area contributed by atoms with E-state index in [2.05, 4.69) is 37.8 Å².